The van der Waals surface area contributed by atoms with E-state index in [4.69, 9.17) is 4.74 Å². The van der Waals surface area contributed by atoms with E-state index < -0.39 is 28.9 Å². The molecule has 1 aliphatic heterocycles. The zero-order valence-corrected chi connectivity index (χ0v) is 18.5. The number of H-pyrrole nitrogens is 2. The third-order valence-electron chi connectivity index (χ3n) is 5.02. The molecule has 1 fully saturated rings. The van der Waals surface area contributed by atoms with Crippen molar-refractivity contribution in [2.75, 3.05) is 37.4 Å². The lowest BCUT2D eigenvalue weighted by Crippen LogP contribution is -2.33. The second kappa shape index (κ2) is 11.2. The Hall–Kier alpha value is -4.04. The first-order valence-corrected chi connectivity index (χ1v) is 10.5. The van der Waals surface area contributed by atoms with Gasteiger partial charge in [0.15, 0.2) is 11.5 Å². The van der Waals surface area contributed by atoms with Crippen molar-refractivity contribution in [1.29, 1.82) is 0 Å². The van der Waals surface area contributed by atoms with Crippen LogP contribution < -0.4 is 32.8 Å². The number of aromatic nitrogens is 4. The lowest BCUT2D eigenvalue weighted by atomic mass is 10.2. The number of rotatable bonds is 10. The van der Waals surface area contributed by atoms with E-state index in [1.165, 1.54) is 16.8 Å². The third kappa shape index (κ3) is 5.85. The maximum absolute atomic E-state index is 12.1. The number of carbonyl (C=O) groups excluding carboxylic acids is 1. The fourth-order valence-corrected chi connectivity index (χ4v) is 3.32. The van der Waals surface area contributed by atoms with Crippen molar-refractivity contribution in [2.45, 2.75) is 25.2 Å². The van der Waals surface area contributed by atoms with Crippen LogP contribution in [0.3, 0.4) is 0 Å². The maximum atomic E-state index is 12.1. The van der Waals surface area contributed by atoms with Crippen molar-refractivity contribution >= 4 is 36.2 Å². The highest BCUT2D eigenvalue weighted by Gasteiger charge is 2.27. The van der Waals surface area contributed by atoms with Gasteiger partial charge >= 0.3 is 5.69 Å². The molecule has 0 spiro atoms. The van der Waals surface area contributed by atoms with Gasteiger partial charge in [-0.1, -0.05) is 0 Å². The van der Waals surface area contributed by atoms with Gasteiger partial charge in [0.25, 0.3) is 11.1 Å². The summed E-state index contributed by atoms with van der Waals surface area (Å²) < 4.78 is 6.81. The molecule has 2 unspecified atom stereocenters. The lowest BCUT2D eigenvalue weighted by Gasteiger charge is -2.15. The SMILES string of the molecule is C=Nc1c(NC)nc(NCCNC(=O)/C=C/c2cn(C3CCC(CO)O3)c(=O)[nH]c2=O)[nH]c1=O. The van der Waals surface area contributed by atoms with E-state index in [-0.39, 0.29) is 48.8 Å². The highest BCUT2D eigenvalue weighted by molar-refractivity contribution is 5.91. The van der Waals surface area contributed by atoms with Crippen molar-refractivity contribution in [3.05, 3.63) is 49.0 Å². The smallest absolute Gasteiger partial charge is 0.330 e. The van der Waals surface area contributed by atoms with Crippen LogP contribution in [0.25, 0.3) is 6.08 Å². The number of anilines is 2. The van der Waals surface area contributed by atoms with Gasteiger partial charge in [-0.25, -0.2) is 4.79 Å². The van der Waals surface area contributed by atoms with E-state index >= 15 is 0 Å². The van der Waals surface area contributed by atoms with Gasteiger partial charge in [0, 0.05) is 32.4 Å². The molecule has 0 bridgehead atoms. The standard InChI is InChI=1S/C20H26N8O6/c1-21-15-16(22-2)25-19(26-18(15)32)24-8-7-23-13(30)5-3-11-9-28(20(33)27-17(11)31)14-6-4-12(10-29)34-14/h3,5,9,12,14,29H,1,4,6-8,10H2,2H3,(H,23,30)(H,27,31,33)(H3,22,24,25,26,32)/b5-3+. The Labute approximate surface area is 192 Å². The number of nitrogens with zero attached hydrogens (tertiary/aromatic N) is 3. The first-order chi connectivity index (χ1) is 16.4. The molecular weight excluding hydrogens is 448 g/mol. The van der Waals surface area contributed by atoms with Gasteiger partial charge in [0.05, 0.1) is 18.3 Å². The van der Waals surface area contributed by atoms with Crippen LogP contribution in [0.1, 0.15) is 24.6 Å². The Bertz CT molecular complexity index is 1250. The van der Waals surface area contributed by atoms with Gasteiger partial charge in [-0.2, -0.15) is 4.98 Å². The molecule has 3 heterocycles. The Morgan fingerprint density at radius 2 is 2.12 bits per heavy atom. The summed E-state index contributed by atoms with van der Waals surface area (Å²) in [5.41, 5.74) is -1.57. The second-order valence-electron chi connectivity index (χ2n) is 7.29. The van der Waals surface area contributed by atoms with E-state index in [1.807, 2.05) is 0 Å². The summed E-state index contributed by atoms with van der Waals surface area (Å²) in [5, 5.41) is 17.4. The molecule has 14 heteroatoms. The van der Waals surface area contributed by atoms with Gasteiger partial charge in [-0.05, 0) is 25.6 Å². The number of aliphatic imine (C=N–C) groups is 1. The van der Waals surface area contributed by atoms with Crippen LogP contribution in [-0.2, 0) is 9.53 Å². The van der Waals surface area contributed by atoms with Crippen molar-refractivity contribution in [2.24, 2.45) is 4.99 Å². The fraction of sp³-hybridized carbons (Fsp3) is 0.400. The molecule has 2 atom stereocenters. The van der Waals surface area contributed by atoms with Crippen LogP contribution in [0, 0.1) is 0 Å². The number of nitrogens with one attached hydrogen (secondary N) is 5. The van der Waals surface area contributed by atoms with Crippen LogP contribution in [0.4, 0.5) is 17.5 Å². The summed E-state index contributed by atoms with van der Waals surface area (Å²) in [5.74, 6) is -0.0208. The largest absolute Gasteiger partial charge is 0.394 e. The minimum absolute atomic E-state index is 0.0699. The zero-order chi connectivity index (χ0) is 24.7. The summed E-state index contributed by atoms with van der Waals surface area (Å²) in [6.45, 7) is 3.62. The fourth-order valence-electron chi connectivity index (χ4n) is 3.32. The molecule has 1 amide bonds. The van der Waals surface area contributed by atoms with Crippen molar-refractivity contribution < 1.29 is 14.6 Å². The topological polar surface area (TPSA) is 196 Å². The van der Waals surface area contributed by atoms with E-state index in [2.05, 4.69) is 42.6 Å². The van der Waals surface area contributed by atoms with E-state index in [9.17, 15) is 24.3 Å². The molecular formula is C20H26N8O6. The third-order valence-corrected chi connectivity index (χ3v) is 5.02. The molecule has 0 radical (unpaired) electrons. The molecule has 2 aromatic heterocycles. The number of aliphatic hydroxyl groups is 1. The number of aromatic amines is 2. The first kappa shape index (κ1) is 24.6. The summed E-state index contributed by atoms with van der Waals surface area (Å²) in [7, 11) is 1.59. The molecule has 1 aliphatic rings. The number of hydrogen-bond acceptors (Lipinski definition) is 10. The molecule has 0 aliphatic carbocycles. The average Bonchev–Trinajstić information content (AvgIpc) is 3.30. The van der Waals surface area contributed by atoms with E-state index in [0.29, 0.717) is 12.8 Å². The zero-order valence-electron chi connectivity index (χ0n) is 18.5. The van der Waals surface area contributed by atoms with Gasteiger partial charge in [-0.15, -0.1) is 0 Å². The van der Waals surface area contributed by atoms with Gasteiger partial charge in [0.2, 0.25) is 11.9 Å². The molecule has 182 valence electrons. The summed E-state index contributed by atoms with van der Waals surface area (Å²) in [4.78, 5) is 60.7. The Morgan fingerprint density at radius 1 is 1.32 bits per heavy atom. The Balaban J connectivity index is 1.56. The van der Waals surface area contributed by atoms with Gasteiger partial charge in [0.1, 0.15) is 6.23 Å². The average molecular weight is 474 g/mol. The van der Waals surface area contributed by atoms with Crippen LogP contribution in [0.2, 0.25) is 0 Å². The first-order valence-electron chi connectivity index (χ1n) is 10.5. The molecule has 3 rings (SSSR count). The predicted molar refractivity (Wildman–Crippen MR) is 126 cm³/mol. The van der Waals surface area contributed by atoms with Crippen molar-refractivity contribution in [3.63, 3.8) is 0 Å². The van der Waals surface area contributed by atoms with Crippen molar-refractivity contribution in [3.8, 4) is 0 Å². The van der Waals surface area contributed by atoms with Gasteiger partial charge < -0.3 is 25.8 Å². The summed E-state index contributed by atoms with van der Waals surface area (Å²) >= 11 is 0. The minimum Gasteiger partial charge on any atom is -0.394 e. The van der Waals surface area contributed by atoms with Crippen LogP contribution >= 0.6 is 0 Å². The number of ether oxygens (including phenoxy) is 1. The number of aliphatic hydroxyl groups excluding tert-OH is 1. The van der Waals surface area contributed by atoms with Crippen LogP contribution in [0.5, 0.6) is 0 Å². The molecule has 14 nitrogen and oxygen atoms in total. The van der Waals surface area contributed by atoms with E-state index in [1.54, 1.807) is 7.05 Å². The number of hydrogen-bond donors (Lipinski definition) is 6. The molecule has 34 heavy (non-hydrogen) atoms. The van der Waals surface area contributed by atoms with E-state index in [0.717, 1.165) is 6.08 Å². The molecule has 0 aromatic carbocycles. The predicted octanol–water partition coefficient (Wildman–Crippen LogP) is -1.09. The monoisotopic (exact) mass is 474 g/mol. The van der Waals surface area contributed by atoms with Gasteiger partial charge in [-0.3, -0.25) is 33.9 Å². The van der Waals surface area contributed by atoms with Crippen molar-refractivity contribution in [1.82, 2.24) is 24.8 Å². The molecule has 1 saturated heterocycles. The normalized spacial score (nSPS) is 17.6. The summed E-state index contributed by atoms with van der Waals surface area (Å²) in [6.07, 6.45) is 3.90. The highest BCUT2D eigenvalue weighted by atomic mass is 16.5. The lowest BCUT2D eigenvalue weighted by molar-refractivity contribution is -0.116. The molecule has 6 N–H and O–H groups in total. The van der Waals surface area contributed by atoms with Crippen LogP contribution in [0.15, 0.2) is 31.6 Å². The van der Waals surface area contributed by atoms with Crippen LogP contribution in [-0.4, -0.2) is 70.1 Å². The number of amides is 1. The minimum atomic E-state index is -0.642. The Morgan fingerprint density at radius 3 is 2.79 bits per heavy atom. The maximum Gasteiger partial charge on any atom is 0.330 e. The second-order valence-corrected chi connectivity index (χ2v) is 7.29. The quantitative estimate of drug-likeness (QED) is 0.141. The molecule has 2 aromatic rings. The Kier molecular flexibility index (Phi) is 8.10. The summed E-state index contributed by atoms with van der Waals surface area (Å²) in [6, 6.07) is 0. The highest BCUT2D eigenvalue weighted by Crippen LogP contribution is 2.26. The molecule has 0 saturated carbocycles. The number of carbonyl (C=O) groups is 1.